The molecule has 0 spiro atoms. The van der Waals surface area contributed by atoms with E-state index in [0.29, 0.717) is 5.69 Å². The molecular formula is C9H12N4O. The van der Waals surface area contributed by atoms with Gasteiger partial charge in [0.15, 0.2) is 0 Å². The summed E-state index contributed by atoms with van der Waals surface area (Å²) < 4.78 is 1.88. The Kier molecular flexibility index (Phi) is 2.18. The van der Waals surface area contributed by atoms with Crippen LogP contribution in [0.2, 0.25) is 0 Å². The molecule has 5 nitrogen and oxygen atoms in total. The summed E-state index contributed by atoms with van der Waals surface area (Å²) in [5.41, 5.74) is 6.79. The topological polar surface area (TPSA) is 76.4 Å². The number of hydrogen-bond acceptors (Lipinski definition) is 4. The quantitative estimate of drug-likeness (QED) is 0.703. The van der Waals surface area contributed by atoms with Crippen molar-refractivity contribution in [3.63, 3.8) is 0 Å². The second kappa shape index (κ2) is 3.36. The molecule has 74 valence electrons. The average molecular weight is 192 g/mol. The Morgan fingerprint density at radius 3 is 3.14 bits per heavy atom. The van der Waals surface area contributed by atoms with Crippen molar-refractivity contribution in [1.82, 2.24) is 14.4 Å². The van der Waals surface area contributed by atoms with E-state index in [2.05, 4.69) is 9.97 Å². The number of nitrogens with two attached hydrogens (primary N) is 1. The molecule has 0 aromatic carbocycles. The van der Waals surface area contributed by atoms with Crippen molar-refractivity contribution in [3.05, 3.63) is 30.1 Å². The SMILES string of the molecule is Cc1nc(C(O)CN)c2cnccn12. The predicted octanol–water partition coefficient (Wildman–Crippen LogP) is 0.0298. The molecule has 0 aliphatic rings. The van der Waals surface area contributed by atoms with Crippen LogP contribution in [-0.4, -0.2) is 26.0 Å². The summed E-state index contributed by atoms with van der Waals surface area (Å²) >= 11 is 0. The molecule has 2 rings (SSSR count). The fourth-order valence-corrected chi connectivity index (χ4v) is 1.48. The van der Waals surface area contributed by atoms with Crippen LogP contribution in [0.1, 0.15) is 17.6 Å². The lowest BCUT2D eigenvalue weighted by molar-refractivity contribution is 0.184. The molecular weight excluding hydrogens is 180 g/mol. The first-order chi connectivity index (χ1) is 6.74. The van der Waals surface area contributed by atoms with Gasteiger partial charge in [-0.1, -0.05) is 0 Å². The van der Waals surface area contributed by atoms with Gasteiger partial charge in [-0.25, -0.2) is 4.98 Å². The van der Waals surface area contributed by atoms with E-state index in [1.807, 2.05) is 17.5 Å². The van der Waals surface area contributed by atoms with Crippen molar-refractivity contribution in [1.29, 1.82) is 0 Å². The number of aliphatic hydroxyl groups is 1. The fraction of sp³-hybridized carbons (Fsp3) is 0.333. The van der Waals surface area contributed by atoms with Crippen LogP contribution in [0.15, 0.2) is 18.6 Å². The Balaban J connectivity index is 2.66. The summed E-state index contributed by atoms with van der Waals surface area (Å²) in [7, 11) is 0. The molecule has 0 saturated carbocycles. The molecule has 2 heterocycles. The fourth-order valence-electron chi connectivity index (χ4n) is 1.48. The van der Waals surface area contributed by atoms with Gasteiger partial charge in [0, 0.05) is 18.9 Å². The smallest absolute Gasteiger partial charge is 0.110 e. The summed E-state index contributed by atoms with van der Waals surface area (Å²) in [4.78, 5) is 8.24. The Morgan fingerprint density at radius 2 is 2.43 bits per heavy atom. The Morgan fingerprint density at radius 1 is 1.64 bits per heavy atom. The van der Waals surface area contributed by atoms with E-state index < -0.39 is 6.10 Å². The van der Waals surface area contributed by atoms with Crippen LogP contribution in [0.5, 0.6) is 0 Å². The van der Waals surface area contributed by atoms with Gasteiger partial charge in [-0.2, -0.15) is 0 Å². The maximum atomic E-state index is 9.61. The molecule has 0 fully saturated rings. The Hall–Kier alpha value is -1.46. The van der Waals surface area contributed by atoms with E-state index in [4.69, 9.17) is 5.73 Å². The zero-order chi connectivity index (χ0) is 10.1. The number of aryl methyl sites for hydroxylation is 1. The maximum absolute atomic E-state index is 9.61. The first-order valence-electron chi connectivity index (χ1n) is 4.40. The van der Waals surface area contributed by atoms with Crippen molar-refractivity contribution >= 4 is 5.52 Å². The highest BCUT2D eigenvalue weighted by atomic mass is 16.3. The molecule has 0 saturated heterocycles. The third-order valence-corrected chi connectivity index (χ3v) is 2.19. The lowest BCUT2D eigenvalue weighted by atomic mass is 10.2. The van der Waals surface area contributed by atoms with Crippen molar-refractivity contribution in [2.45, 2.75) is 13.0 Å². The van der Waals surface area contributed by atoms with Crippen LogP contribution in [-0.2, 0) is 0 Å². The number of nitrogens with zero attached hydrogens (tertiary/aromatic N) is 3. The van der Waals surface area contributed by atoms with Gasteiger partial charge in [0.2, 0.25) is 0 Å². The van der Waals surface area contributed by atoms with Crippen LogP contribution in [0.3, 0.4) is 0 Å². The molecule has 0 aliphatic heterocycles. The second-order valence-corrected chi connectivity index (χ2v) is 3.13. The van der Waals surface area contributed by atoms with Crippen molar-refractivity contribution in [2.24, 2.45) is 5.73 Å². The number of aromatic nitrogens is 3. The highest BCUT2D eigenvalue weighted by Gasteiger charge is 2.14. The molecule has 14 heavy (non-hydrogen) atoms. The summed E-state index contributed by atoms with van der Waals surface area (Å²) in [5, 5.41) is 9.61. The van der Waals surface area contributed by atoms with Crippen LogP contribution < -0.4 is 5.73 Å². The van der Waals surface area contributed by atoms with Crippen molar-refractivity contribution in [3.8, 4) is 0 Å². The number of imidazole rings is 1. The number of rotatable bonds is 2. The van der Waals surface area contributed by atoms with Gasteiger partial charge in [0.1, 0.15) is 11.9 Å². The van der Waals surface area contributed by atoms with Gasteiger partial charge in [-0.05, 0) is 6.92 Å². The molecule has 0 radical (unpaired) electrons. The van der Waals surface area contributed by atoms with E-state index in [1.165, 1.54) is 0 Å². The van der Waals surface area contributed by atoms with E-state index in [9.17, 15) is 5.11 Å². The Labute approximate surface area is 81.2 Å². The number of fused-ring (bicyclic) bond motifs is 1. The van der Waals surface area contributed by atoms with E-state index in [-0.39, 0.29) is 6.54 Å². The molecule has 0 amide bonds. The maximum Gasteiger partial charge on any atom is 0.110 e. The lowest BCUT2D eigenvalue weighted by Gasteiger charge is -2.03. The monoisotopic (exact) mass is 192 g/mol. The zero-order valence-corrected chi connectivity index (χ0v) is 7.88. The first kappa shape index (κ1) is 9.11. The van der Waals surface area contributed by atoms with Gasteiger partial charge < -0.3 is 15.2 Å². The first-order valence-corrected chi connectivity index (χ1v) is 4.40. The summed E-state index contributed by atoms with van der Waals surface area (Å²) in [5.74, 6) is 0.824. The van der Waals surface area contributed by atoms with Crippen LogP contribution >= 0.6 is 0 Å². The van der Waals surface area contributed by atoms with E-state index in [0.717, 1.165) is 11.3 Å². The van der Waals surface area contributed by atoms with E-state index >= 15 is 0 Å². The number of hydrogen-bond donors (Lipinski definition) is 2. The molecule has 1 atom stereocenters. The summed E-state index contributed by atoms with van der Waals surface area (Å²) in [6.45, 7) is 2.04. The molecule has 2 aromatic rings. The predicted molar refractivity (Wildman–Crippen MR) is 51.7 cm³/mol. The standard InChI is InChI=1S/C9H12N4O/c1-6-12-9(8(14)4-10)7-5-11-2-3-13(6)7/h2-3,5,8,14H,4,10H2,1H3. The third kappa shape index (κ3) is 1.26. The molecule has 3 N–H and O–H groups in total. The summed E-state index contributed by atoms with van der Waals surface area (Å²) in [6, 6.07) is 0. The molecule has 5 heteroatoms. The second-order valence-electron chi connectivity index (χ2n) is 3.13. The van der Waals surface area contributed by atoms with Gasteiger partial charge >= 0.3 is 0 Å². The lowest BCUT2D eigenvalue weighted by Crippen LogP contribution is -2.12. The minimum atomic E-state index is -0.720. The minimum Gasteiger partial charge on any atom is -0.385 e. The molecule has 1 unspecified atom stereocenters. The molecule has 0 bridgehead atoms. The highest BCUT2D eigenvalue weighted by molar-refractivity contribution is 5.52. The minimum absolute atomic E-state index is 0.168. The normalized spacial score (nSPS) is 13.4. The largest absolute Gasteiger partial charge is 0.385 e. The van der Waals surface area contributed by atoms with Gasteiger partial charge in [0.05, 0.1) is 17.4 Å². The van der Waals surface area contributed by atoms with Gasteiger partial charge in [-0.15, -0.1) is 0 Å². The van der Waals surface area contributed by atoms with Crippen LogP contribution in [0.25, 0.3) is 5.52 Å². The van der Waals surface area contributed by atoms with Gasteiger partial charge in [-0.3, -0.25) is 4.98 Å². The summed E-state index contributed by atoms with van der Waals surface area (Å²) in [6.07, 6.45) is 4.45. The molecule has 2 aromatic heterocycles. The average Bonchev–Trinajstić information content (AvgIpc) is 2.56. The number of aliphatic hydroxyl groups excluding tert-OH is 1. The van der Waals surface area contributed by atoms with Gasteiger partial charge in [0.25, 0.3) is 0 Å². The van der Waals surface area contributed by atoms with Crippen LogP contribution in [0, 0.1) is 6.92 Å². The van der Waals surface area contributed by atoms with Crippen molar-refractivity contribution in [2.75, 3.05) is 6.54 Å². The third-order valence-electron chi connectivity index (χ3n) is 2.19. The van der Waals surface area contributed by atoms with Crippen molar-refractivity contribution < 1.29 is 5.11 Å². The van der Waals surface area contributed by atoms with E-state index in [1.54, 1.807) is 12.4 Å². The zero-order valence-electron chi connectivity index (χ0n) is 7.88. The Bertz CT molecular complexity index is 451. The molecule has 0 aliphatic carbocycles. The van der Waals surface area contributed by atoms with Crippen LogP contribution in [0.4, 0.5) is 0 Å². The highest BCUT2D eigenvalue weighted by Crippen LogP contribution is 2.17.